The quantitative estimate of drug-likeness (QED) is 0.719. The number of nitrogens with one attached hydrogen (secondary N) is 1. The lowest BCUT2D eigenvalue weighted by Crippen LogP contribution is -2.11. The molecule has 1 aromatic heterocycles. The highest BCUT2D eigenvalue weighted by Crippen LogP contribution is 2.24. The number of carbonyl (C=O) groups is 1. The number of rotatable bonds is 3. The number of hydrogen-bond acceptors (Lipinski definition) is 3. The molecular weight excluding hydrogens is 344 g/mol. The lowest BCUT2D eigenvalue weighted by atomic mass is 10.2. The number of oxazole rings is 1. The normalized spacial score (nSPS) is 11.1. The zero-order valence-corrected chi connectivity index (χ0v) is 13.8. The average Bonchev–Trinajstić information content (AvgIpc) is 2.90. The van der Waals surface area contributed by atoms with Gasteiger partial charge in [-0.05, 0) is 36.4 Å². The van der Waals surface area contributed by atoms with Crippen LogP contribution in [0.5, 0.6) is 0 Å². The van der Waals surface area contributed by atoms with Crippen molar-refractivity contribution in [2.45, 2.75) is 19.8 Å². The SMILES string of the molecule is CC(C)c1nc2cc(NC(=O)c3cccc(Br)c3)ccc2o1. The molecule has 1 heterocycles. The zero-order chi connectivity index (χ0) is 15.7. The van der Waals surface area contributed by atoms with E-state index < -0.39 is 0 Å². The minimum atomic E-state index is -0.159. The summed E-state index contributed by atoms with van der Waals surface area (Å²) < 4.78 is 6.53. The van der Waals surface area contributed by atoms with Crippen LogP contribution in [-0.2, 0) is 0 Å². The van der Waals surface area contributed by atoms with Gasteiger partial charge in [-0.3, -0.25) is 4.79 Å². The number of aromatic nitrogens is 1. The van der Waals surface area contributed by atoms with Gasteiger partial charge >= 0.3 is 0 Å². The van der Waals surface area contributed by atoms with E-state index in [-0.39, 0.29) is 11.8 Å². The monoisotopic (exact) mass is 358 g/mol. The summed E-state index contributed by atoms with van der Waals surface area (Å²) in [5, 5.41) is 2.87. The molecule has 3 rings (SSSR count). The summed E-state index contributed by atoms with van der Waals surface area (Å²) in [6.07, 6.45) is 0. The molecule has 0 spiro atoms. The molecule has 0 saturated heterocycles. The highest BCUT2D eigenvalue weighted by Gasteiger charge is 2.11. The second-order valence-electron chi connectivity index (χ2n) is 5.35. The van der Waals surface area contributed by atoms with E-state index in [9.17, 15) is 4.79 Å². The summed E-state index contributed by atoms with van der Waals surface area (Å²) in [4.78, 5) is 16.7. The third-order valence-electron chi connectivity index (χ3n) is 3.24. The van der Waals surface area contributed by atoms with Gasteiger partial charge in [0.15, 0.2) is 11.5 Å². The summed E-state index contributed by atoms with van der Waals surface area (Å²) in [5.41, 5.74) is 2.76. The predicted octanol–water partition coefficient (Wildman–Crippen LogP) is 4.97. The number of anilines is 1. The minimum absolute atomic E-state index is 0.159. The summed E-state index contributed by atoms with van der Waals surface area (Å²) in [6, 6.07) is 12.7. The van der Waals surface area contributed by atoms with Gasteiger partial charge in [0, 0.05) is 21.6 Å². The van der Waals surface area contributed by atoms with E-state index in [0.29, 0.717) is 17.1 Å². The van der Waals surface area contributed by atoms with Crippen LogP contribution in [0.1, 0.15) is 36.0 Å². The maximum absolute atomic E-state index is 12.2. The largest absolute Gasteiger partial charge is 0.440 e. The average molecular weight is 359 g/mol. The van der Waals surface area contributed by atoms with Crippen molar-refractivity contribution >= 4 is 38.6 Å². The lowest BCUT2D eigenvalue weighted by molar-refractivity contribution is 0.102. The Balaban J connectivity index is 1.86. The molecule has 0 saturated carbocycles. The molecule has 22 heavy (non-hydrogen) atoms. The Kier molecular flexibility index (Phi) is 3.98. The number of halogens is 1. The van der Waals surface area contributed by atoms with Crippen molar-refractivity contribution in [1.82, 2.24) is 4.98 Å². The van der Waals surface area contributed by atoms with Crippen molar-refractivity contribution in [2.75, 3.05) is 5.32 Å². The molecule has 1 amide bonds. The van der Waals surface area contributed by atoms with Crippen LogP contribution in [0.25, 0.3) is 11.1 Å². The van der Waals surface area contributed by atoms with Crippen molar-refractivity contribution < 1.29 is 9.21 Å². The van der Waals surface area contributed by atoms with Gasteiger partial charge in [0.25, 0.3) is 5.91 Å². The van der Waals surface area contributed by atoms with Gasteiger partial charge < -0.3 is 9.73 Å². The predicted molar refractivity (Wildman–Crippen MR) is 90.2 cm³/mol. The molecule has 0 radical (unpaired) electrons. The first-order chi connectivity index (χ1) is 10.5. The Morgan fingerprint density at radius 3 is 2.77 bits per heavy atom. The van der Waals surface area contributed by atoms with E-state index in [0.717, 1.165) is 15.6 Å². The van der Waals surface area contributed by atoms with Crippen LogP contribution in [0.3, 0.4) is 0 Å². The van der Waals surface area contributed by atoms with Gasteiger partial charge in [-0.2, -0.15) is 0 Å². The van der Waals surface area contributed by atoms with Crippen LogP contribution in [0.15, 0.2) is 51.4 Å². The minimum Gasteiger partial charge on any atom is -0.440 e. The molecule has 0 atom stereocenters. The fourth-order valence-corrected chi connectivity index (χ4v) is 2.50. The summed E-state index contributed by atoms with van der Waals surface area (Å²) in [5.74, 6) is 0.769. The molecule has 3 aromatic rings. The molecular formula is C17H15BrN2O2. The van der Waals surface area contributed by atoms with Gasteiger partial charge in [-0.1, -0.05) is 35.8 Å². The molecule has 0 unspecified atom stereocenters. The fraction of sp³-hybridized carbons (Fsp3) is 0.176. The zero-order valence-electron chi connectivity index (χ0n) is 12.3. The lowest BCUT2D eigenvalue weighted by Gasteiger charge is -2.05. The fourth-order valence-electron chi connectivity index (χ4n) is 2.10. The molecule has 0 aliphatic rings. The van der Waals surface area contributed by atoms with Crippen molar-refractivity contribution in [3.8, 4) is 0 Å². The smallest absolute Gasteiger partial charge is 0.255 e. The Hall–Kier alpha value is -2.14. The van der Waals surface area contributed by atoms with Gasteiger partial charge in [-0.25, -0.2) is 4.98 Å². The van der Waals surface area contributed by atoms with Crippen LogP contribution < -0.4 is 5.32 Å². The number of hydrogen-bond donors (Lipinski definition) is 1. The molecule has 112 valence electrons. The van der Waals surface area contributed by atoms with E-state index in [1.807, 2.05) is 44.2 Å². The first kappa shape index (κ1) is 14.8. The molecule has 0 aliphatic heterocycles. The van der Waals surface area contributed by atoms with Crippen molar-refractivity contribution in [2.24, 2.45) is 0 Å². The van der Waals surface area contributed by atoms with E-state index in [1.165, 1.54) is 0 Å². The molecule has 0 bridgehead atoms. The third-order valence-corrected chi connectivity index (χ3v) is 3.74. The highest BCUT2D eigenvalue weighted by molar-refractivity contribution is 9.10. The van der Waals surface area contributed by atoms with Crippen LogP contribution in [-0.4, -0.2) is 10.9 Å². The van der Waals surface area contributed by atoms with E-state index in [4.69, 9.17) is 4.42 Å². The number of carbonyl (C=O) groups excluding carboxylic acids is 1. The number of benzene rings is 2. The number of amides is 1. The summed E-state index contributed by atoms with van der Waals surface area (Å²) in [7, 11) is 0. The molecule has 5 heteroatoms. The van der Waals surface area contributed by atoms with E-state index in [1.54, 1.807) is 12.1 Å². The first-order valence-electron chi connectivity index (χ1n) is 7.00. The van der Waals surface area contributed by atoms with Gasteiger partial charge in [0.2, 0.25) is 0 Å². The summed E-state index contributed by atoms with van der Waals surface area (Å²) in [6.45, 7) is 4.06. The molecule has 2 aromatic carbocycles. The topological polar surface area (TPSA) is 55.1 Å². The molecule has 1 N–H and O–H groups in total. The molecule has 0 aliphatic carbocycles. The van der Waals surface area contributed by atoms with Crippen LogP contribution in [0.4, 0.5) is 5.69 Å². The standard InChI is InChI=1S/C17H15BrN2O2/c1-10(2)17-20-14-9-13(6-7-15(14)22-17)19-16(21)11-4-3-5-12(18)8-11/h3-10H,1-2H3,(H,19,21). The van der Waals surface area contributed by atoms with Gasteiger partial charge in [0.1, 0.15) is 5.52 Å². The Morgan fingerprint density at radius 2 is 2.05 bits per heavy atom. The Bertz CT molecular complexity index is 840. The molecule has 4 nitrogen and oxygen atoms in total. The maximum atomic E-state index is 12.2. The number of fused-ring (bicyclic) bond motifs is 1. The first-order valence-corrected chi connectivity index (χ1v) is 7.79. The maximum Gasteiger partial charge on any atom is 0.255 e. The second-order valence-corrected chi connectivity index (χ2v) is 6.27. The van der Waals surface area contributed by atoms with Gasteiger partial charge in [0.05, 0.1) is 0 Å². The summed E-state index contributed by atoms with van der Waals surface area (Å²) >= 11 is 3.36. The Morgan fingerprint density at radius 1 is 1.23 bits per heavy atom. The second kappa shape index (κ2) is 5.93. The van der Waals surface area contributed by atoms with Crippen molar-refractivity contribution in [3.63, 3.8) is 0 Å². The third kappa shape index (κ3) is 3.04. The van der Waals surface area contributed by atoms with Crippen molar-refractivity contribution in [3.05, 3.63) is 58.4 Å². The molecule has 0 fully saturated rings. The van der Waals surface area contributed by atoms with E-state index in [2.05, 4.69) is 26.2 Å². The number of nitrogens with zero attached hydrogens (tertiary/aromatic N) is 1. The van der Waals surface area contributed by atoms with Crippen LogP contribution in [0, 0.1) is 0 Å². The van der Waals surface area contributed by atoms with Crippen LogP contribution in [0.2, 0.25) is 0 Å². The van der Waals surface area contributed by atoms with Crippen molar-refractivity contribution in [1.29, 1.82) is 0 Å². The highest BCUT2D eigenvalue weighted by atomic mass is 79.9. The van der Waals surface area contributed by atoms with Crippen LogP contribution >= 0.6 is 15.9 Å². The van der Waals surface area contributed by atoms with E-state index >= 15 is 0 Å². The van der Waals surface area contributed by atoms with Gasteiger partial charge in [-0.15, -0.1) is 0 Å². The Labute approximate surface area is 136 Å².